The van der Waals surface area contributed by atoms with Crippen molar-refractivity contribution in [3.8, 4) is 0 Å². The van der Waals surface area contributed by atoms with Crippen LogP contribution in [0.4, 0.5) is 0 Å². The molecule has 114 valence electrons. The van der Waals surface area contributed by atoms with Gasteiger partial charge in [0.25, 0.3) is 0 Å². The number of unbranched alkanes of at least 4 members (excludes halogenated alkanes) is 4. The van der Waals surface area contributed by atoms with Crippen molar-refractivity contribution in [3.63, 3.8) is 0 Å². The molecule has 1 N–H and O–H groups in total. The van der Waals surface area contributed by atoms with Crippen molar-refractivity contribution >= 4 is 0 Å². The van der Waals surface area contributed by atoms with Crippen LogP contribution in [0.25, 0.3) is 0 Å². The van der Waals surface area contributed by atoms with Gasteiger partial charge in [-0.15, -0.1) is 0 Å². The Hall–Kier alpha value is -0.820. The maximum atomic E-state index is 3.61. The Morgan fingerprint density at radius 1 is 1.00 bits per heavy atom. The summed E-state index contributed by atoms with van der Waals surface area (Å²) in [6.07, 6.45) is 9.43. The molecule has 0 aliphatic rings. The first-order chi connectivity index (χ1) is 9.77. The van der Waals surface area contributed by atoms with Gasteiger partial charge in [0.1, 0.15) is 0 Å². The molecule has 0 bridgehead atoms. The van der Waals surface area contributed by atoms with Crippen molar-refractivity contribution in [2.45, 2.75) is 71.6 Å². The second-order valence-corrected chi connectivity index (χ2v) is 6.02. The largest absolute Gasteiger partial charge is 0.316 e. The summed E-state index contributed by atoms with van der Waals surface area (Å²) in [7, 11) is 0. The molecule has 1 aromatic carbocycles. The molecule has 0 heterocycles. The van der Waals surface area contributed by atoms with E-state index in [1.807, 2.05) is 0 Å². The lowest BCUT2D eigenvalue weighted by Gasteiger charge is -2.18. The highest BCUT2D eigenvalue weighted by Gasteiger charge is 2.11. The van der Waals surface area contributed by atoms with Gasteiger partial charge in [0.05, 0.1) is 0 Å². The van der Waals surface area contributed by atoms with Crippen LogP contribution >= 0.6 is 0 Å². The average Bonchev–Trinajstić information content (AvgIpc) is 2.45. The van der Waals surface area contributed by atoms with Crippen LogP contribution in [0.15, 0.2) is 24.3 Å². The molecule has 0 saturated carbocycles. The minimum Gasteiger partial charge on any atom is -0.316 e. The zero-order chi connectivity index (χ0) is 14.6. The third kappa shape index (κ3) is 7.09. The molecule has 1 nitrogen and oxygen atoms in total. The molecule has 0 amide bonds. The number of hydrogen-bond donors (Lipinski definition) is 1. The molecule has 1 atom stereocenters. The molecule has 0 aliphatic carbocycles. The Labute approximate surface area is 126 Å². The van der Waals surface area contributed by atoms with Gasteiger partial charge in [0, 0.05) is 6.54 Å². The normalized spacial score (nSPS) is 12.6. The van der Waals surface area contributed by atoms with Gasteiger partial charge in [-0.3, -0.25) is 0 Å². The highest BCUT2D eigenvalue weighted by atomic mass is 14.8. The first-order valence-electron chi connectivity index (χ1n) is 8.55. The van der Waals surface area contributed by atoms with Crippen LogP contribution in [0.2, 0.25) is 0 Å². The fraction of sp³-hybridized carbons (Fsp3) is 0.684. The molecule has 0 spiro atoms. The lowest BCUT2D eigenvalue weighted by Crippen LogP contribution is -2.22. The lowest BCUT2D eigenvalue weighted by atomic mass is 9.92. The van der Waals surface area contributed by atoms with E-state index in [4.69, 9.17) is 0 Å². The Balaban J connectivity index is 2.47. The van der Waals surface area contributed by atoms with Gasteiger partial charge in [-0.2, -0.15) is 0 Å². The Morgan fingerprint density at radius 2 is 1.80 bits per heavy atom. The van der Waals surface area contributed by atoms with Crippen molar-refractivity contribution in [2.75, 3.05) is 13.1 Å². The van der Waals surface area contributed by atoms with Crippen LogP contribution in [-0.4, -0.2) is 13.1 Å². The van der Waals surface area contributed by atoms with Gasteiger partial charge in [0.15, 0.2) is 0 Å². The zero-order valence-corrected chi connectivity index (χ0v) is 13.8. The lowest BCUT2D eigenvalue weighted by molar-refractivity contribution is 0.509. The molecule has 0 aromatic heterocycles. The summed E-state index contributed by atoms with van der Waals surface area (Å²) < 4.78 is 0. The fourth-order valence-corrected chi connectivity index (χ4v) is 2.76. The molecule has 0 radical (unpaired) electrons. The molecular formula is C19H33N. The highest BCUT2D eigenvalue weighted by Crippen LogP contribution is 2.23. The molecule has 0 fully saturated rings. The summed E-state index contributed by atoms with van der Waals surface area (Å²) in [6.45, 7) is 8.98. The van der Waals surface area contributed by atoms with E-state index in [0.717, 1.165) is 13.1 Å². The van der Waals surface area contributed by atoms with E-state index in [-0.39, 0.29) is 0 Å². The highest BCUT2D eigenvalue weighted by molar-refractivity contribution is 5.25. The SMILES string of the molecule is CCCCCCCC(CNCCC)c1cccc(C)c1. The van der Waals surface area contributed by atoms with E-state index in [1.165, 1.54) is 56.1 Å². The maximum absolute atomic E-state index is 3.61. The molecular weight excluding hydrogens is 242 g/mol. The van der Waals surface area contributed by atoms with Gasteiger partial charge in [0.2, 0.25) is 0 Å². The fourth-order valence-electron chi connectivity index (χ4n) is 2.76. The molecule has 0 aliphatic heterocycles. The second kappa shape index (κ2) is 10.9. The first-order valence-corrected chi connectivity index (χ1v) is 8.55. The van der Waals surface area contributed by atoms with Crippen LogP contribution in [0.1, 0.15) is 75.8 Å². The third-order valence-corrected chi connectivity index (χ3v) is 3.99. The molecule has 20 heavy (non-hydrogen) atoms. The van der Waals surface area contributed by atoms with Gasteiger partial charge in [-0.25, -0.2) is 0 Å². The van der Waals surface area contributed by atoms with Crippen LogP contribution in [0.3, 0.4) is 0 Å². The van der Waals surface area contributed by atoms with E-state index >= 15 is 0 Å². The van der Waals surface area contributed by atoms with Crippen LogP contribution in [-0.2, 0) is 0 Å². The molecule has 1 heteroatoms. The van der Waals surface area contributed by atoms with Crippen LogP contribution in [0, 0.1) is 6.92 Å². The number of rotatable bonds is 11. The predicted molar refractivity (Wildman–Crippen MR) is 90.5 cm³/mol. The molecule has 1 unspecified atom stereocenters. The topological polar surface area (TPSA) is 12.0 Å². The Bertz CT molecular complexity index is 345. The van der Waals surface area contributed by atoms with E-state index < -0.39 is 0 Å². The van der Waals surface area contributed by atoms with Gasteiger partial charge >= 0.3 is 0 Å². The van der Waals surface area contributed by atoms with E-state index in [0.29, 0.717) is 5.92 Å². The summed E-state index contributed by atoms with van der Waals surface area (Å²) in [5.41, 5.74) is 2.90. The van der Waals surface area contributed by atoms with E-state index in [2.05, 4.69) is 50.4 Å². The second-order valence-electron chi connectivity index (χ2n) is 6.02. The summed E-state index contributed by atoms with van der Waals surface area (Å²) in [5, 5.41) is 3.61. The van der Waals surface area contributed by atoms with Crippen LogP contribution in [0.5, 0.6) is 0 Å². The summed E-state index contributed by atoms with van der Waals surface area (Å²) in [6, 6.07) is 9.07. The molecule has 1 rings (SSSR count). The Morgan fingerprint density at radius 3 is 2.50 bits per heavy atom. The maximum Gasteiger partial charge on any atom is 0.00201 e. The number of hydrogen-bond acceptors (Lipinski definition) is 1. The van der Waals surface area contributed by atoms with Crippen molar-refractivity contribution in [1.82, 2.24) is 5.32 Å². The molecule has 0 saturated heterocycles. The van der Waals surface area contributed by atoms with Crippen molar-refractivity contribution in [2.24, 2.45) is 0 Å². The van der Waals surface area contributed by atoms with Crippen molar-refractivity contribution in [3.05, 3.63) is 35.4 Å². The minimum absolute atomic E-state index is 0.683. The first kappa shape index (κ1) is 17.2. The third-order valence-electron chi connectivity index (χ3n) is 3.99. The van der Waals surface area contributed by atoms with E-state index in [1.54, 1.807) is 0 Å². The number of nitrogens with one attached hydrogen (secondary N) is 1. The van der Waals surface area contributed by atoms with E-state index in [9.17, 15) is 0 Å². The monoisotopic (exact) mass is 275 g/mol. The number of benzene rings is 1. The Kier molecular flexibility index (Phi) is 9.40. The zero-order valence-electron chi connectivity index (χ0n) is 13.8. The summed E-state index contributed by atoms with van der Waals surface area (Å²) in [4.78, 5) is 0. The quantitative estimate of drug-likeness (QED) is 0.530. The van der Waals surface area contributed by atoms with Gasteiger partial charge in [-0.05, 0) is 37.8 Å². The van der Waals surface area contributed by atoms with Crippen molar-refractivity contribution in [1.29, 1.82) is 0 Å². The predicted octanol–water partition coefficient (Wildman–Crippen LogP) is 5.44. The summed E-state index contributed by atoms with van der Waals surface area (Å²) >= 11 is 0. The van der Waals surface area contributed by atoms with Gasteiger partial charge in [-0.1, -0.05) is 75.8 Å². The standard InChI is InChI=1S/C19H33N/c1-4-6-7-8-9-12-19(16-20-14-5-2)18-13-10-11-17(3)15-18/h10-11,13,15,19-20H,4-9,12,14,16H2,1-3H3. The van der Waals surface area contributed by atoms with Crippen molar-refractivity contribution < 1.29 is 0 Å². The molecule has 1 aromatic rings. The minimum atomic E-state index is 0.683. The average molecular weight is 275 g/mol. The summed E-state index contributed by atoms with van der Waals surface area (Å²) in [5.74, 6) is 0.683. The van der Waals surface area contributed by atoms with Gasteiger partial charge < -0.3 is 5.32 Å². The smallest absolute Gasteiger partial charge is 0.00201 e. The van der Waals surface area contributed by atoms with Crippen LogP contribution < -0.4 is 5.32 Å². The number of aryl methyl sites for hydroxylation is 1.